The summed E-state index contributed by atoms with van der Waals surface area (Å²) < 4.78 is 1.62. The van der Waals surface area contributed by atoms with Gasteiger partial charge in [0, 0.05) is 11.9 Å². The van der Waals surface area contributed by atoms with E-state index in [4.69, 9.17) is 0 Å². The molecule has 146 valence electrons. The van der Waals surface area contributed by atoms with Crippen molar-refractivity contribution in [1.29, 1.82) is 0 Å². The number of aromatic nitrogens is 2. The summed E-state index contributed by atoms with van der Waals surface area (Å²) >= 11 is 1.51. The summed E-state index contributed by atoms with van der Waals surface area (Å²) in [4.78, 5) is 25.4. The van der Waals surface area contributed by atoms with E-state index in [1.165, 1.54) is 22.9 Å². The van der Waals surface area contributed by atoms with Crippen LogP contribution in [0.5, 0.6) is 0 Å². The highest BCUT2D eigenvalue weighted by Gasteiger charge is 2.35. The van der Waals surface area contributed by atoms with Crippen LogP contribution in [0.2, 0.25) is 0 Å². The number of hydrogen-bond acceptors (Lipinski definition) is 4. The maximum absolute atomic E-state index is 12.0. The number of benzene rings is 2. The van der Waals surface area contributed by atoms with Crippen molar-refractivity contribution in [2.45, 2.75) is 22.8 Å². The predicted molar refractivity (Wildman–Crippen MR) is 113 cm³/mol. The number of hydrogen-bond donors (Lipinski definition) is 2. The Morgan fingerprint density at radius 3 is 2.52 bits per heavy atom. The second-order valence-electron chi connectivity index (χ2n) is 6.83. The Kier molecular flexibility index (Phi) is 5.22. The molecule has 6 nitrogen and oxygen atoms in total. The lowest BCUT2D eigenvalue weighted by Gasteiger charge is -2.11. The standard InChI is InChI=1S/C22H20N4O2S/c1-14-4-3-5-16(12-14)7-6-15-8-10-17(11-9-15)29-18-13-23-26(2)20(18)19-21(27)25-22(28)24-19/h3-13,19H,1-2H3,(H2,24,25,27,28)/b7-6+. The molecule has 0 radical (unpaired) electrons. The average Bonchev–Trinajstić information content (AvgIpc) is 3.22. The van der Waals surface area contributed by atoms with Crippen LogP contribution in [0.4, 0.5) is 4.79 Å². The zero-order chi connectivity index (χ0) is 20.4. The van der Waals surface area contributed by atoms with E-state index in [1.54, 1.807) is 17.9 Å². The van der Waals surface area contributed by atoms with Gasteiger partial charge in [0.1, 0.15) is 0 Å². The zero-order valence-corrected chi connectivity index (χ0v) is 16.9. The summed E-state index contributed by atoms with van der Waals surface area (Å²) in [5.41, 5.74) is 4.17. The van der Waals surface area contributed by atoms with Gasteiger partial charge < -0.3 is 5.32 Å². The molecule has 3 aromatic rings. The first kappa shape index (κ1) is 19.0. The molecule has 4 rings (SSSR count). The highest BCUT2D eigenvalue weighted by Crippen LogP contribution is 2.34. The molecular formula is C22H20N4O2S. The molecule has 1 aliphatic heterocycles. The van der Waals surface area contributed by atoms with Crippen molar-refractivity contribution < 1.29 is 9.59 Å². The smallest absolute Gasteiger partial charge is 0.321 e. The van der Waals surface area contributed by atoms with Gasteiger partial charge in [-0.25, -0.2) is 4.79 Å². The molecule has 1 unspecified atom stereocenters. The normalized spacial score (nSPS) is 16.3. The Labute approximate surface area is 173 Å². The number of amides is 3. The second-order valence-corrected chi connectivity index (χ2v) is 7.95. The molecule has 0 spiro atoms. The van der Waals surface area contributed by atoms with Crippen LogP contribution in [0.3, 0.4) is 0 Å². The van der Waals surface area contributed by atoms with Gasteiger partial charge in [0.2, 0.25) is 0 Å². The third kappa shape index (κ3) is 4.25. The highest BCUT2D eigenvalue weighted by atomic mass is 32.2. The Bertz CT molecular complexity index is 1100. The first-order chi connectivity index (χ1) is 14.0. The molecule has 2 N–H and O–H groups in total. The highest BCUT2D eigenvalue weighted by molar-refractivity contribution is 7.99. The van der Waals surface area contributed by atoms with E-state index in [0.717, 1.165) is 15.4 Å². The summed E-state index contributed by atoms with van der Waals surface area (Å²) in [6.07, 6.45) is 5.89. The van der Waals surface area contributed by atoms with Gasteiger partial charge in [-0.3, -0.25) is 14.8 Å². The largest absolute Gasteiger partial charge is 0.322 e. The number of carbonyl (C=O) groups excluding carboxylic acids is 2. The van der Waals surface area contributed by atoms with Crippen LogP contribution in [0, 0.1) is 6.92 Å². The third-order valence-corrected chi connectivity index (χ3v) is 5.66. The second kappa shape index (κ2) is 7.97. The van der Waals surface area contributed by atoms with Gasteiger partial charge in [-0.1, -0.05) is 65.9 Å². The fourth-order valence-corrected chi connectivity index (χ4v) is 4.16. The van der Waals surface area contributed by atoms with Gasteiger partial charge in [0.25, 0.3) is 5.91 Å². The number of imide groups is 1. The summed E-state index contributed by atoms with van der Waals surface area (Å²) in [7, 11) is 1.76. The van der Waals surface area contributed by atoms with E-state index in [0.29, 0.717) is 5.69 Å². The monoisotopic (exact) mass is 404 g/mol. The molecule has 1 aromatic heterocycles. The van der Waals surface area contributed by atoms with Crippen LogP contribution in [0.25, 0.3) is 12.2 Å². The quantitative estimate of drug-likeness (QED) is 0.499. The van der Waals surface area contributed by atoms with Crippen LogP contribution in [0.15, 0.2) is 64.5 Å². The molecular weight excluding hydrogens is 384 g/mol. The topological polar surface area (TPSA) is 76.0 Å². The lowest BCUT2D eigenvalue weighted by atomic mass is 10.1. The fourth-order valence-electron chi connectivity index (χ4n) is 3.18. The maximum atomic E-state index is 12.0. The van der Waals surface area contributed by atoms with Crippen molar-refractivity contribution in [2.24, 2.45) is 7.05 Å². The molecule has 0 saturated carbocycles. The maximum Gasteiger partial charge on any atom is 0.322 e. The fraction of sp³-hybridized carbons (Fsp3) is 0.136. The lowest BCUT2D eigenvalue weighted by molar-refractivity contribution is -0.120. The van der Waals surface area contributed by atoms with E-state index in [-0.39, 0.29) is 5.91 Å². The van der Waals surface area contributed by atoms with Crippen LogP contribution in [-0.4, -0.2) is 21.7 Å². The summed E-state index contributed by atoms with van der Waals surface area (Å²) in [6, 6.07) is 15.3. The van der Waals surface area contributed by atoms with Gasteiger partial charge in [-0.05, 0) is 30.2 Å². The SMILES string of the molecule is Cc1cccc(/C=C/c2ccc(Sc3cnn(C)c3C3NC(=O)NC3=O)cc2)c1. The van der Waals surface area contributed by atoms with Gasteiger partial charge >= 0.3 is 6.03 Å². The van der Waals surface area contributed by atoms with Crippen molar-refractivity contribution in [3.63, 3.8) is 0 Å². The minimum absolute atomic E-state index is 0.364. The summed E-state index contributed by atoms with van der Waals surface area (Å²) in [5, 5.41) is 9.16. The molecule has 3 amide bonds. The number of aryl methyl sites for hydroxylation is 2. The molecule has 1 aliphatic rings. The lowest BCUT2D eigenvalue weighted by Crippen LogP contribution is -2.23. The number of nitrogens with zero attached hydrogens (tertiary/aromatic N) is 2. The molecule has 2 heterocycles. The van der Waals surface area contributed by atoms with Crippen LogP contribution >= 0.6 is 11.8 Å². The van der Waals surface area contributed by atoms with Gasteiger partial charge in [-0.2, -0.15) is 5.10 Å². The van der Waals surface area contributed by atoms with Crippen LogP contribution in [0.1, 0.15) is 28.4 Å². The van der Waals surface area contributed by atoms with Crippen molar-refractivity contribution in [3.05, 3.63) is 77.1 Å². The van der Waals surface area contributed by atoms with Crippen LogP contribution in [-0.2, 0) is 11.8 Å². The first-order valence-corrected chi connectivity index (χ1v) is 9.97. The van der Waals surface area contributed by atoms with E-state index < -0.39 is 12.1 Å². The molecule has 1 atom stereocenters. The summed E-state index contributed by atoms with van der Waals surface area (Å²) in [6.45, 7) is 2.08. The van der Waals surface area contributed by atoms with Crippen LogP contribution < -0.4 is 10.6 Å². The van der Waals surface area contributed by atoms with E-state index in [1.807, 2.05) is 18.2 Å². The van der Waals surface area contributed by atoms with E-state index >= 15 is 0 Å². The van der Waals surface area contributed by atoms with Gasteiger partial charge in [0.15, 0.2) is 6.04 Å². The molecule has 1 saturated heterocycles. The molecule has 29 heavy (non-hydrogen) atoms. The number of rotatable bonds is 5. The van der Waals surface area contributed by atoms with Gasteiger partial charge in [-0.15, -0.1) is 0 Å². The minimum atomic E-state index is -0.728. The number of urea groups is 1. The average molecular weight is 404 g/mol. The number of carbonyl (C=O) groups is 2. The van der Waals surface area contributed by atoms with Crippen molar-refractivity contribution >= 4 is 35.9 Å². The number of nitrogens with one attached hydrogen (secondary N) is 2. The Morgan fingerprint density at radius 1 is 1.07 bits per heavy atom. The zero-order valence-electron chi connectivity index (χ0n) is 16.0. The predicted octanol–water partition coefficient (Wildman–Crippen LogP) is 3.93. The molecule has 0 aliphatic carbocycles. The molecule has 1 fully saturated rings. The minimum Gasteiger partial charge on any atom is -0.321 e. The van der Waals surface area contributed by atoms with Crippen molar-refractivity contribution in [2.75, 3.05) is 0 Å². The van der Waals surface area contributed by atoms with Gasteiger partial charge in [0.05, 0.1) is 16.8 Å². The Hall–Kier alpha value is -3.32. The molecule has 7 heteroatoms. The summed E-state index contributed by atoms with van der Waals surface area (Å²) in [5.74, 6) is -0.364. The Balaban J connectivity index is 1.50. The Morgan fingerprint density at radius 2 is 1.83 bits per heavy atom. The first-order valence-electron chi connectivity index (χ1n) is 9.15. The van der Waals surface area contributed by atoms with Crippen molar-refractivity contribution in [3.8, 4) is 0 Å². The molecule has 2 aromatic carbocycles. The third-order valence-electron chi connectivity index (χ3n) is 4.62. The molecule has 0 bridgehead atoms. The van der Waals surface area contributed by atoms with Crippen molar-refractivity contribution in [1.82, 2.24) is 20.4 Å². The van der Waals surface area contributed by atoms with E-state index in [2.05, 4.69) is 65.1 Å². The van der Waals surface area contributed by atoms with E-state index in [9.17, 15) is 9.59 Å².